The van der Waals surface area contributed by atoms with E-state index in [1.807, 2.05) is 0 Å². The summed E-state index contributed by atoms with van der Waals surface area (Å²) >= 11 is 0. The van der Waals surface area contributed by atoms with E-state index in [1.165, 1.54) is 6.07 Å². The zero-order valence-corrected chi connectivity index (χ0v) is 10.9. The molecule has 9 heteroatoms. The van der Waals surface area contributed by atoms with Gasteiger partial charge in [-0.1, -0.05) is 0 Å². The average molecular weight is 301 g/mol. The summed E-state index contributed by atoms with van der Waals surface area (Å²) in [5.41, 5.74) is -0.352. The maximum absolute atomic E-state index is 11.3. The number of hydrogen-bond acceptors (Lipinski definition) is 7. The lowest BCUT2D eigenvalue weighted by Crippen LogP contribution is -2.30. The van der Waals surface area contributed by atoms with E-state index >= 15 is 0 Å². The van der Waals surface area contributed by atoms with E-state index in [4.69, 9.17) is 4.74 Å². The zero-order chi connectivity index (χ0) is 14.9. The average Bonchev–Trinajstić information content (AvgIpc) is 2.62. The Morgan fingerprint density at radius 3 is 2.60 bits per heavy atom. The summed E-state index contributed by atoms with van der Waals surface area (Å²) in [5, 5.41) is 20.2. The molecule has 1 N–H and O–H groups in total. The molecule has 1 aromatic carbocycles. The first-order chi connectivity index (χ1) is 9.32. The molecule has 0 aliphatic carbocycles. The number of benzene rings is 1. The topological polar surface area (TPSA) is 124 Å². The molecule has 1 aromatic rings. The van der Waals surface area contributed by atoms with Gasteiger partial charge in [0, 0.05) is 12.1 Å². The van der Waals surface area contributed by atoms with Crippen molar-refractivity contribution in [2.45, 2.75) is 12.2 Å². The van der Waals surface area contributed by atoms with Gasteiger partial charge in [-0.15, -0.1) is 0 Å². The summed E-state index contributed by atoms with van der Waals surface area (Å²) < 4.78 is 28.0. The molecule has 1 aliphatic heterocycles. The van der Waals surface area contributed by atoms with Gasteiger partial charge in [0.05, 0.1) is 22.0 Å². The number of carbonyl (C=O) groups excluding carboxylic acids is 1. The highest BCUT2D eigenvalue weighted by Crippen LogP contribution is 2.26. The lowest BCUT2D eigenvalue weighted by molar-refractivity contribution is -0.384. The molecule has 0 bridgehead atoms. The Bertz CT molecular complexity index is 655. The number of ether oxygens (including phenoxy) is 1. The molecule has 1 heterocycles. The molecule has 20 heavy (non-hydrogen) atoms. The van der Waals surface area contributed by atoms with Crippen molar-refractivity contribution in [3.8, 4) is 5.75 Å². The third-order valence-electron chi connectivity index (χ3n) is 2.88. The number of rotatable bonds is 4. The Morgan fingerprint density at radius 1 is 1.40 bits per heavy atom. The van der Waals surface area contributed by atoms with Crippen LogP contribution in [0.2, 0.25) is 0 Å². The third-order valence-corrected chi connectivity index (χ3v) is 4.57. The first kappa shape index (κ1) is 14.4. The Hall–Kier alpha value is -2.00. The van der Waals surface area contributed by atoms with E-state index in [0.29, 0.717) is 6.29 Å². The smallest absolute Gasteiger partial charge is 0.270 e. The van der Waals surface area contributed by atoms with Crippen LogP contribution >= 0.6 is 0 Å². The monoisotopic (exact) mass is 301 g/mol. The van der Waals surface area contributed by atoms with Gasteiger partial charge < -0.3 is 9.84 Å². The number of non-ortho nitro benzene ring substituents is 1. The van der Waals surface area contributed by atoms with Crippen LogP contribution in [0.5, 0.6) is 5.75 Å². The van der Waals surface area contributed by atoms with Crippen LogP contribution in [0.25, 0.3) is 0 Å². The van der Waals surface area contributed by atoms with Gasteiger partial charge in [0.2, 0.25) is 0 Å². The van der Waals surface area contributed by atoms with Gasteiger partial charge in [-0.3, -0.25) is 14.9 Å². The Balaban J connectivity index is 2.26. The lowest BCUT2D eigenvalue weighted by Gasteiger charge is -2.16. The van der Waals surface area contributed by atoms with Gasteiger partial charge in [-0.05, 0) is 6.07 Å². The van der Waals surface area contributed by atoms with E-state index in [-0.39, 0.29) is 22.8 Å². The summed E-state index contributed by atoms with van der Waals surface area (Å²) in [6, 6.07) is 3.37. The molecular weight excluding hydrogens is 290 g/mol. The molecule has 0 spiro atoms. The molecule has 0 saturated carbocycles. The van der Waals surface area contributed by atoms with Crippen molar-refractivity contribution < 1.29 is 28.0 Å². The Kier molecular flexibility index (Phi) is 3.73. The van der Waals surface area contributed by atoms with Gasteiger partial charge in [-0.25, -0.2) is 8.42 Å². The van der Waals surface area contributed by atoms with Crippen LogP contribution < -0.4 is 4.74 Å². The van der Waals surface area contributed by atoms with Crippen LogP contribution in [-0.2, 0) is 9.84 Å². The maximum Gasteiger partial charge on any atom is 0.270 e. The number of carbonyl (C=O) groups is 1. The van der Waals surface area contributed by atoms with Crippen LogP contribution in [0.4, 0.5) is 5.69 Å². The van der Waals surface area contributed by atoms with Crippen LogP contribution in [0.15, 0.2) is 18.2 Å². The second-order valence-corrected chi connectivity index (χ2v) is 6.55. The molecule has 2 unspecified atom stereocenters. The first-order valence-corrected chi connectivity index (χ1v) is 7.43. The van der Waals surface area contributed by atoms with E-state index < -0.39 is 32.7 Å². The molecular formula is C11H11NO7S. The summed E-state index contributed by atoms with van der Waals surface area (Å²) in [7, 11) is -3.38. The summed E-state index contributed by atoms with van der Waals surface area (Å²) in [6.45, 7) is 0. The predicted octanol–water partition coefficient (Wildman–Crippen LogP) is -0.0560. The normalized spacial score (nSPS) is 24.2. The van der Waals surface area contributed by atoms with Crippen molar-refractivity contribution in [3.05, 3.63) is 33.9 Å². The fourth-order valence-electron chi connectivity index (χ4n) is 1.92. The minimum absolute atomic E-state index is 0.00625. The number of sulfone groups is 1. The second-order valence-electron chi connectivity index (χ2n) is 4.40. The summed E-state index contributed by atoms with van der Waals surface area (Å²) in [4.78, 5) is 20.8. The van der Waals surface area contributed by atoms with Crippen LogP contribution in [0.3, 0.4) is 0 Å². The number of nitro groups is 1. The van der Waals surface area contributed by atoms with Gasteiger partial charge in [0.25, 0.3) is 5.69 Å². The zero-order valence-electron chi connectivity index (χ0n) is 10.1. The lowest BCUT2D eigenvalue weighted by atomic mass is 10.2. The molecule has 8 nitrogen and oxygen atoms in total. The second kappa shape index (κ2) is 5.17. The number of nitro benzene ring substituents is 1. The van der Waals surface area contributed by atoms with Crippen LogP contribution in [-0.4, -0.2) is 48.4 Å². The van der Waals surface area contributed by atoms with Crippen molar-refractivity contribution in [2.75, 3.05) is 11.5 Å². The first-order valence-electron chi connectivity index (χ1n) is 5.61. The van der Waals surface area contributed by atoms with Crippen LogP contribution in [0.1, 0.15) is 10.4 Å². The summed E-state index contributed by atoms with van der Waals surface area (Å²) in [5.74, 6) is -0.753. The van der Waals surface area contributed by atoms with Gasteiger partial charge in [-0.2, -0.15) is 0 Å². The van der Waals surface area contributed by atoms with Crippen molar-refractivity contribution >= 4 is 21.8 Å². The minimum atomic E-state index is -3.38. The number of hydrogen-bond donors (Lipinski definition) is 1. The minimum Gasteiger partial charge on any atom is -0.486 e. The van der Waals surface area contributed by atoms with Crippen LogP contribution in [0, 0.1) is 10.1 Å². The van der Waals surface area contributed by atoms with Crippen molar-refractivity contribution in [1.82, 2.24) is 0 Å². The quantitative estimate of drug-likeness (QED) is 0.469. The summed E-state index contributed by atoms with van der Waals surface area (Å²) in [6.07, 6.45) is -1.80. The molecule has 2 rings (SSSR count). The molecule has 1 saturated heterocycles. The van der Waals surface area contributed by atoms with E-state index in [2.05, 4.69) is 0 Å². The highest BCUT2D eigenvalue weighted by Gasteiger charge is 2.38. The highest BCUT2D eigenvalue weighted by atomic mass is 32.2. The number of aliphatic hydroxyl groups excluding tert-OH is 1. The fraction of sp³-hybridized carbons (Fsp3) is 0.364. The van der Waals surface area contributed by atoms with Gasteiger partial charge in [0.1, 0.15) is 18.0 Å². The molecule has 0 radical (unpaired) electrons. The maximum atomic E-state index is 11.3. The molecule has 1 aliphatic rings. The van der Waals surface area contributed by atoms with Gasteiger partial charge in [0.15, 0.2) is 16.1 Å². The largest absolute Gasteiger partial charge is 0.486 e. The molecule has 2 atom stereocenters. The molecule has 1 fully saturated rings. The standard InChI is InChI=1S/C11H11NO7S/c13-4-7-3-8(12(15)16)1-2-10(7)19-11-6-20(17,18)5-9(11)14/h1-4,9,11,14H,5-6H2. The number of aliphatic hydroxyl groups is 1. The highest BCUT2D eigenvalue weighted by molar-refractivity contribution is 7.91. The third kappa shape index (κ3) is 2.94. The predicted molar refractivity (Wildman–Crippen MR) is 67.6 cm³/mol. The molecule has 0 aromatic heterocycles. The Morgan fingerprint density at radius 2 is 2.10 bits per heavy atom. The number of aldehydes is 1. The SMILES string of the molecule is O=Cc1cc([N+](=O)[O-])ccc1OC1CS(=O)(=O)CC1O. The van der Waals surface area contributed by atoms with E-state index in [1.54, 1.807) is 0 Å². The number of nitrogens with zero attached hydrogens (tertiary/aromatic N) is 1. The van der Waals surface area contributed by atoms with E-state index in [0.717, 1.165) is 12.1 Å². The Labute approximate surface area is 114 Å². The van der Waals surface area contributed by atoms with Crippen molar-refractivity contribution in [3.63, 3.8) is 0 Å². The van der Waals surface area contributed by atoms with E-state index in [9.17, 15) is 28.4 Å². The fourth-order valence-corrected chi connectivity index (χ4v) is 3.58. The van der Waals surface area contributed by atoms with Crippen molar-refractivity contribution in [2.24, 2.45) is 0 Å². The molecule has 108 valence electrons. The van der Waals surface area contributed by atoms with Crippen molar-refractivity contribution in [1.29, 1.82) is 0 Å². The molecule has 0 amide bonds. The van der Waals surface area contributed by atoms with Gasteiger partial charge >= 0.3 is 0 Å².